The fourth-order valence-corrected chi connectivity index (χ4v) is 3.13. The maximum absolute atomic E-state index is 11.0. The Bertz CT molecular complexity index is 333. The molecule has 1 aliphatic carbocycles. The Morgan fingerprint density at radius 2 is 2.36 bits per heavy atom. The second-order valence-corrected chi connectivity index (χ2v) is 4.73. The first kappa shape index (κ1) is 9.80. The zero-order valence-electron chi connectivity index (χ0n) is 7.82. The lowest BCUT2D eigenvalue weighted by Gasteiger charge is -2.03. The molecule has 0 radical (unpaired) electrons. The van der Waals surface area contributed by atoms with Gasteiger partial charge in [-0.1, -0.05) is 6.08 Å². The molecule has 0 aromatic rings. The standard InChI is InChI=1S/C10H13NO2S/c11-9-8(10(12)13)6-4-2-1-3-5-7(6)14-9/h5,9H,1-4,11H2,(H,12,13). The van der Waals surface area contributed by atoms with Crippen LogP contribution >= 0.6 is 11.8 Å². The highest BCUT2D eigenvalue weighted by molar-refractivity contribution is 8.04. The summed E-state index contributed by atoms with van der Waals surface area (Å²) in [6.45, 7) is 0. The third kappa shape index (κ3) is 1.60. The van der Waals surface area contributed by atoms with Crippen LogP contribution in [-0.2, 0) is 4.79 Å². The van der Waals surface area contributed by atoms with Crippen LogP contribution in [0.4, 0.5) is 0 Å². The van der Waals surface area contributed by atoms with Crippen LogP contribution in [0.5, 0.6) is 0 Å². The van der Waals surface area contributed by atoms with Gasteiger partial charge < -0.3 is 10.8 Å². The molecule has 0 fully saturated rings. The summed E-state index contributed by atoms with van der Waals surface area (Å²) in [6.07, 6.45) is 6.26. The lowest BCUT2D eigenvalue weighted by molar-refractivity contribution is -0.132. The van der Waals surface area contributed by atoms with Crippen molar-refractivity contribution in [2.45, 2.75) is 31.1 Å². The van der Waals surface area contributed by atoms with E-state index in [4.69, 9.17) is 10.8 Å². The fraction of sp³-hybridized carbons (Fsp3) is 0.500. The van der Waals surface area contributed by atoms with Crippen molar-refractivity contribution >= 4 is 17.7 Å². The van der Waals surface area contributed by atoms with Crippen LogP contribution in [0.2, 0.25) is 0 Å². The number of rotatable bonds is 1. The predicted molar refractivity (Wildman–Crippen MR) is 56.8 cm³/mol. The average molecular weight is 211 g/mol. The first-order valence-corrected chi connectivity index (χ1v) is 5.67. The minimum atomic E-state index is -0.856. The summed E-state index contributed by atoms with van der Waals surface area (Å²) in [5.74, 6) is -0.856. The summed E-state index contributed by atoms with van der Waals surface area (Å²) in [5.41, 5.74) is 7.17. The minimum absolute atomic E-state index is 0.369. The summed E-state index contributed by atoms with van der Waals surface area (Å²) in [7, 11) is 0. The molecule has 1 heterocycles. The Morgan fingerprint density at radius 3 is 3.07 bits per heavy atom. The third-order valence-corrected chi connectivity index (χ3v) is 3.76. The molecule has 1 aliphatic heterocycles. The number of fused-ring (bicyclic) bond motifs is 1. The highest BCUT2D eigenvalue weighted by Gasteiger charge is 2.32. The molecule has 0 spiro atoms. The van der Waals surface area contributed by atoms with Crippen LogP contribution in [0.1, 0.15) is 25.7 Å². The molecule has 4 heteroatoms. The highest BCUT2D eigenvalue weighted by atomic mass is 32.2. The quantitative estimate of drug-likeness (QED) is 0.695. The number of carboxylic acids is 1. The molecule has 2 aliphatic rings. The summed E-state index contributed by atoms with van der Waals surface area (Å²) in [6, 6.07) is 0. The van der Waals surface area contributed by atoms with E-state index in [1.165, 1.54) is 11.8 Å². The molecule has 0 aromatic carbocycles. The zero-order chi connectivity index (χ0) is 10.1. The molecule has 3 nitrogen and oxygen atoms in total. The van der Waals surface area contributed by atoms with E-state index in [0.29, 0.717) is 5.57 Å². The van der Waals surface area contributed by atoms with E-state index in [0.717, 1.165) is 36.2 Å². The zero-order valence-corrected chi connectivity index (χ0v) is 8.64. The Kier molecular flexibility index (Phi) is 2.65. The number of thioether (sulfide) groups is 1. The van der Waals surface area contributed by atoms with Crippen LogP contribution in [0.3, 0.4) is 0 Å². The molecule has 3 N–H and O–H groups in total. The van der Waals surface area contributed by atoms with Gasteiger partial charge in [-0.25, -0.2) is 4.79 Å². The van der Waals surface area contributed by atoms with Gasteiger partial charge in [0.15, 0.2) is 0 Å². The predicted octanol–water partition coefficient (Wildman–Crippen LogP) is 1.86. The van der Waals surface area contributed by atoms with Gasteiger partial charge in [-0.05, 0) is 31.3 Å². The van der Waals surface area contributed by atoms with Gasteiger partial charge in [0.25, 0.3) is 0 Å². The Labute approximate surface area is 87.1 Å². The number of carbonyl (C=O) groups is 1. The summed E-state index contributed by atoms with van der Waals surface area (Å²) in [5, 5.41) is 8.67. The second kappa shape index (κ2) is 3.79. The molecule has 0 saturated carbocycles. The number of hydrogen-bond donors (Lipinski definition) is 2. The van der Waals surface area contributed by atoms with Gasteiger partial charge in [0.2, 0.25) is 0 Å². The Morgan fingerprint density at radius 1 is 1.57 bits per heavy atom. The van der Waals surface area contributed by atoms with Crippen LogP contribution in [0.25, 0.3) is 0 Å². The van der Waals surface area contributed by atoms with E-state index < -0.39 is 5.97 Å². The number of carboxylic acid groups (broad SMARTS) is 1. The third-order valence-electron chi connectivity index (χ3n) is 2.60. The van der Waals surface area contributed by atoms with Crippen molar-refractivity contribution in [3.05, 3.63) is 22.1 Å². The second-order valence-electron chi connectivity index (χ2n) is 3.55. The van der Waals surface area contributed by atoms with E-state index >= 15 is 0 Å². The van der Waals surface area contributed by atoms with Gasteiger partial charge >= 0.3 is 5.97 Å². The minimum Gasteiger partial charge on any atom is -0.478 e. The lowest BCUT2D eigenvalue weighted by atomic mass is 10.0. The van der Waals surface area contributed by atoms with Crippen LogP contribution < -0.4 is 5.73 Å². The molecular weight excluding hydrogens is 198 g/mol. The largest absolute Gasteiger partial charge is 0.478 e. The number of aliphatic carboxylic acids is 1. The van der Waals surface area contributed by atoms with Gasteiger partial charge in [0, 0.05) is 4.91 Å². The molecule has 76 valence electrons. The van der Waals surface area contributed by atoms with Crippen LogP contribution in [-0.4, -0.2) is 16.4 Å². The van der Waals surface area contributed by atoms with Crippen LogP contribution in [0.15, 0.2) is 22.1 Å². The lowest BCUT2D eigenvalue weighted by Crippen LogP contribution is -2.21. The maximum Gasteiger partial charge on any atom is 0.334 e. The topological polar surface area (TPSA) is 63.3 Å². The highest BCUT2D eigenvalue weighted by Crippen LogP contribution is 2.43. The molecule has 14 heavy (non-hydrogen) atoms. The van der Waals surface area contributed by atoms with Crippen molar-refractivity contribution in [2.24, 2.45) is 5.73 Å². The van der Waals surface area contributed by atoms with E-state index in [2.05, 4.69) is 6.08 Å². The Balaban J connectivity index is 2.41. The molecule has 0 saturated heterocycles. The van der Waals surface area contributed by atoms with E-state index in [9.17, 15) is 4.79 Å². The van der Waals surface area contributed by atoms with Gasteiger partial charge in [-0.3, -0.25) is 0 Å². The van der Waals surface area contributed by atoms with Crippen LogP contribution in [0, 0.1) is 0 Å². The van der Waals surface area contributed by atoms with Crippen molar-refractivity contribution in [2.75, 3.05) is 0 Å². The molecule has 0 amide bonds. The molecule has 2 rings (SSSR count). The van der Waals surface area contributed by atoms with E-state index in [1.807, 2.05) is 0 Å². The van der Waals surface area contributed by atoms with Crippen molar-refractivity contribution in [3.63, 3.8) is 0 Å². The Hall–Kier alpha value is -0.740. The average Bonchev–Trinajstić information content (AvgIpc) is 2.31. The van der Waals surface area contributed by atoms with Gasteiger partial charge in [0.05, 0.1) is 10.9 Å². The SMILES string of the molecule is NC1SC2=CCCCCC2=C1C(=O)O. The summed E-state index contributed by atoms with van der Waals surface area (Å²) >= 11 is 1.48. The van der Waals surface area contributed by atoms with Crippen molar-refractivity contribution in [3.8, 4) is 0 Å². The van der Waals surface area contributed by atoms with Gasteiger partial charge in [0.1, 0.15) is 0 Å². The first-order chi connectivity index (χ1) is 6.70. The smallest absolute Gasteiger partial charge is 0.334 e. The first-order valence-electron chi connectivity index (χ1n) is 4.79. The van der Waals surface area contributed by atoms with E-state index in [-0.39, 0.29) is 5.37 Å². The molecule has 1 unspecified atom stereocenters. The van der Waals surface area contributed by atoms with Crippen molar-refractivity contribution in [1.82, 2.24) is 0 Å². The molecule has 0 aromatic heterocycles. The fourth-order valence-electron chi connectivity index (χ4n) is 1.93. The van der Waals surface area contributed by atoms with Gasteiger partial charge in [-0.15, -0.1) is 11.8 Å². The number of hydrogen-bond acceptors (Lipinski definition) is 3. The van der Waals surface area contributed by atoms with Crippen molar-refractivity contribution in [1.29, 1.82) is 0 Å². The summed E-state index contributed by atoms with van der Waals surface area (Å²) < 4.78 is 0. The normalized spacial score (nSPS) is 26.9. The number of allylic oxidation sites excluding steroid dienone is 2. The number of nitrogens with two attached hydrogens (primary N) is 1. The maximum atomic E-state index is 11.0. The molecular formula is C10H13NO2S. The van der Waals surface area contributed by atoms with Crippen molar-refractivity contribution < 1.29 is 9.90 Å². The van der Waals surface area contributed by atoms with E-state index in [1.54, 1.807) is 0 Å². The summed E-state index contributed by atoms with van der Waals surface area (Å²) in [4.78, 5) is 12.1. The molecule has 0 bridgehead atoms. The molecule has 1 atom stereocenters. The monoisotopic (exact) mass is 211 g/mol. The van der Waals surface area contributed by atoms with Gasteiger partial charge in [-0.2, -0.15) is 0 Å².